The summed E-state index contributed by atoms with van der Waals surface area (Å²) in [6.45, 7) is 5.02. The summed E-state index contributed by atoms with van der Waals surface area (Å²) >= 11 is 0. The molecule has 192 valence electrons. The van der Waals surface area contributed by atoms with Gasteiger partial charge in [-0.1, -0.05) is 12.1 Å². The molecule has 0 spiro atoms. The summed E-state index contributed by atoms with van der Waals surface area (Å²) in [5.74, 6) is -1.94. The van der Waals surface area contributed by atoms with Gasteiger partial charge in [0, 0.05) is 50.0 Å². The molecule has 0 aliphatic carbocycles. The first kappa shape index (κ1) is 27.3. The van der Waals surface area contributed by atoms with Gasteiger partial charge in [-0.2, -0.15) is 5.10 Å². The molecule has 1 aliphatic rings. The number of ether oxygens (including phenoxy) is 1. The lowest BCUT2D eigenvalue weighted by atomic mass is 10.1. The maximum Gasteiger partial charge on any atom is 0.411 e. The second kappa shape index (κ2) is 12.6. The van der Waals surface area contributed by atoms with Crippen LogP contribution in [-0.4, -0.2) is 72.1 Å². The van der Waals surface area contributed by atoms with Gasteiger partial charge in [-0.25, -0.2) is 18.3 Å². The highest BCUT2D eigenvalue weighted by Crippen LogP contribution is 2.19. The Morgan fingerprint density at radius 1 is 1.03 bits per heavy atom. The Morgan fingerprint density at radius 2 is 1.81 bits per heavy atom. The lowest BCUT2D eigenvalue weighted by molar-refractivity contribution is 0.111. The third kappa shape index (κ3) is 7.33. The van der Waals surface area contributed by atoms with E-state index in [4.69, 9.17) is 4.74 Å². The number of hydrogen-bond acceptors (Lipinski definition) is 6. The van der Waals surface area contributed by atoms with Crippen LogP contribution in [0.3, 0.4) is 0 Å². The maximum absolute atomic E-state index is 13.6. The van der Waals surface area contributed by atoms with E-state index in [0.29, 0.717) is 30.1 Å². The van der Waals surface area contributed by atoms with Gasteiger partial charge in [-0.15, -0.1) is 12.4 Å². The molecule has 1 amide bonds. The van der Waals surface area contributed by atoms with Gasteiger partial charge in [0.2, 0.25) is 0 Å². The number of likely N-dealkylation sites (N-methyl/N-ethyl adjacent to an activating group) is 1. The third-order valence-electron chi connectivity index (χ3n) is 5.82. The number of nitrogens with one attached hydrogen (secondary N) is 1. The quantitative estimate of drug-likeness (QED) is 0.515. The molecule has 8 nitrogen and oxygen atoms in total. The zero-order valence-corrected chi connectivity index (χ0v) is 20.6. The van der Waals surface area contributed by atoms with Crippen molar-refractivity contribution in [3.8, 4) is 11.3 Å². The number of benzene rings is 2. The third-order valence-corrected chi connectivity index (χ3v) is 5.82. The molecule has 11 heteroatoms. The predicted molar refractivity (Wildman–Crippen MR) is 136 cm³/mol. The summed E-state index contributed by atoms with van der Waals surface area (Å²) in [6.07, 6.45) is -0.549. The van der Waals surface area contributed by atoms with E-state index in [1.54, 1.807) is 24.3 Å². The predicted octanol–water partition coefficient (Wildman–Crippen LogP) is 3.45. The highest BCUT2D eigenvalue weighted by molar-refractivity contribution is 5.85. The zero-order chi connectivity index (χ0) is 24.8. The minimum atomic E-state index is -0.990. The highest BCUT2D eigenvalue weighted by Gasteiger charge is 2.14. The van der Waals surface area contributed by atoms with Gasteiger partial charge < -0.3 is 9.64 Å². The number of carbonyl (C=O) groups excluding carboxylic acids is 1. The normalized spacial score (nSPS) is 14.2. The zero-order valence-electron chi connectivity index (χ0n) is 19.8. The van der Waals surface area contributed by atoms with E-state index in [1.165, 1.54) is 22.9 Å². The van der Waals surface area contributed by atoms with Crippen molar-refractivity contribution in [2.24, 2.45) is 0 Å². The summed E-state index contributed by atoms with van der Waals surface area (Å²) in [6, 6.07) is 13.2. The molecule has 0 radical (unpaired) electrons. The van der Waals surface area contributed by atoms with E-state index in [0.717, 1.165) is 43.9 Å². The fraction of sp³-hybridized carbons (Fsp3) is 0.320. The smallest absolute Gasteiger partial charge is 0.411 e. The number of carbonyl (C=O) groups is 1. The van der Waals surface area contributed by atoms with Gasteiger partial charge in [0.05, 0.1) is 12.2 Å². The Bertz CT molecular complexity index is 1250. The average Bonchev–Trinajstić information content (AvgIpc) is 2.84. The number of anilines is 1. The fourth-order valence-electron chi connectivity index (χ4n) is 3.78. The number of hydrogen-bond donors (Lipinski definition) is 1. The van der Waals surface area contributed by atoms with Gasteiger partial charge >= 0.3 is 6.09 Å². The number of rotatable bonds is 7. The number of piperazine rings is 1. The number of aromatic nitrogens is 2. The van der Waals surface area contributed by atoms with Crippen LogP contribution >= 0.6 is 12.4 Å². The SMILES string of the molecule is CN1CCN(CCOC(=O)Nc2cccc(Cn3nc(-c4ccc(F)c(F)c4)ccc3=O)c2)CC1.Cl. The van der Waals surface area contributed by atoms with Crippen molar-refractivity contribution >= 4 is 24.2 Å². The number of amides is 1. The molecule has 0 bridgehead atoms. The van der Waals surface area contributed by atoms with E-state index >= 15 is 0 Å². The summed E-state index contributed by atoms with van der Waals surface area (Å²) in [5.41, 5.74) is 1.58. The Balaban J connectivity index is 0.00000361. The molecule has 1 saturated heterocycles. The molecule has 1 aliphatic heterocycles. The van der Waals surface area contributed by atoms with Crippen LogP contribution in [0.4, 0.5) is 19.3 Å². The van der Waals surface area contributed by atoms with Crippen LogP contribution in [0.2, 0.25) is 0 Å². The highest BCUT2D eigenvalue weighted by atomic mass is 35.5. The summed E-state index contributed by atoms with van der Waals surface area (Å²) in [4.78, 5) is 29.0. The first-order valence-electron chi connectivity index (χ1n) is 11.3. The fourth-order valence-corrected chi connectivity index (χ4v) is 3.78. The largest absolute Gasteiger partial charge is 0.448 e. The van der Waals surface area contributed by atoms with Crippen molar-refractivity contribution in [2.75, 3.05) is 51.7 Å². The van der Waals surface area contributed by atoms with Crippen LogP contribution in [0.15, 0.2) is 59.4 Å². The lowest BCUT2D eigenvalue weighted by Crippen LogP contribution is -2.45. The molecule has 2 heterocycles. The monoisotopic (exact) mass is 519 g/mol. The molecule has 1 aromatic heterocycles. The molecule has 1 N–H and O–H groups in total. The van der Waals surface area contributed by atoms with Gasteiger partial charge in [0.15, 0.2) is 11.6 Å². The Hall–Kier alpha value is -3.34. The Morgan fingerprint density at radius 3 is 2.56 bits per heavy atom. The number of nitrogens with zero attached hydrogens (tertiary/aromatic N) is 4. The van der Waals surface area contributed by atoms with Crippen molar-refractivity contribution in [1.29, 1.82) is 0 Å². The summed E-state index contributed by atoms with van der Waals surface area (Å²) in [5, 5.41) is 6.99. The van der Waals surface area contributed by atoms with Crippen LogP contribution in [0, 0.1) is 11.6 Å². The van der Waals surface area contributed by atoms with Gasteiger partial charge in [0.25, 0.3) is 5.56 Å². The van der Waals surface area contributed by atoms with Crippen LogP contribution in [0.25, 0.3) is 11.3 Å². The molecular formula is C25H28ClF2N5O3. The maximum atomic E-state index is 13.6. The minimum absolute atomic E-state index is 0. The molecular weight excluding hydrogens is 492 g/mol. The van der Waals surface area contributed by atoms with Gasteiger partial charge in [0.1, 0.15) is 6.61 Å². The molecule has 0 unspecified atom stereocenters. The number of halogens is 3. The first-order valence-corrected chi connectivity index (χ1v) is 11.3. The van der Waals surface area contributed by atoms with Gasteiger partial charge in [-0.05, 0) is 49.0 Å². The lowest BCUT2D eigenvalue weighted by Gasteiger charge is -2.31. The summed E-state index contributed by atoms with van der Waals surface area (Å²) < 4.78 is 33.4. The minimum Gasteiger partial charge on any atom is -0.448 e. The van der Waals surface area contributed by atoms with Crippen LogP contribution in [-0.2, 0) is 11.3 Å². The standard InChI is InChI=1S/C25H27F2N5O3.ClH/c1-30-9-11-31(12-10-30)13-14-35-25(34)28-20-4-2-3-18(15-20)17-32-24(33)8-7-23(29-32)19-5-6-21(26)22(27)16-19;/h2-8,15-16H,9-14,17H2,1H3,(H,28,34);1H. The molecule has 0 atom stereocenters. The topological polar surface area (TPSA) is 79.7 Å². The molecule has 4 rings (SSSR count). The molecule has 36 heavy (non-hydrogen) atoms. The van der Waals surface area contributed by atoms with E-state index in [1.807, 2.05) is 0 Å². The van der Waals surface area contributed by atoms with Crippen molar-refractivity contribution in [1.82, 2.24) is 19.6 Å². The Labute approximate surface area is 213 Å². The van der Waals surface area contributed by atoms with E-state index < -0.39 is 17.7 Å². The van der Waals surface area contributed by atoms with E-state index in [-0.39, 0.29) is 24.5 Å². The average molecular weight is 520 g/mol. The van der Waals surface area contributed by atoms with Crippen LogP contribution < -0.4 is 10.9 Å². The van der Waals surface area contributed by atoms with Crippen molar-refractivity contribution < 1.29 is 18.3 Å². The van der Waals surface area contributed by atoms with Crippen LogP contribution in [0.1, 0.15) is 5.56 Å². The first-order chi connectivity index (χ1) is 16.9. The molecule has 0 saturated carbocycles. The van der Waals surface area contributed by atoms with E-state index in [2.05, 4.69) is 27.3 Å². The van der Waals surface area contributed by atoms with Gasteiger partial charge in [-0.3, -0.25) is 15.0 Å². The molecule has 3 aromatic rings. The van der Waals surface area contributed by atoms with Crippen molar-refractivity contribution in [2.45, 2.75) is 6.54 Å². The van der Waals surface area contributed by atoms with Crippen LogP contribution in [0.5, 0.6) is 0 Å². The second-order valence-electron chi connectivity index (χ2n) is 8.45. The van der Waals surface area contributed by atoms with Crippen molar-refractivity contribution in [3.05, 3.63) is 82.1 Å². The van der Waals surface area contributed by atoms with Crippen molar-refractivity contribution in [3.63, 3.8) is 0 Å². The molecule has 1 fully saturated rings. The summed E-state index contributed by atoms with van der Waals surface area (Å²) in [7, 11) is 2.09. The van der Waals surface area contributed by atoms with E-state index in [9.17, 15) is 18.4 Å². The molecule has 2 aromatic carbocycles. The second-order valence-corrected chi connectivity index (χ2v) is 8.45. The Kier molecular flexibility index (Phi) is 9.51.